The van der Waals surface area contributed by atoms with Crippen molar-refractivity contribution in [1.29, 1.82) is 5.26 Å². The van der Waals surface area contributed by atoms with E-state index in [9.17, 15) is 0 Å². The zero-order valence-electron chi connectivity index (χ0n) is 7.72. The van der Waals surface area contributed by atoms with E-state index >= 15 is 0 Å². The van der Waals surface area contributed by atoms with Crippen molar-refractivity contribution in [2.75, 3.05) is 5.32 Å². The van der Waals surface area contributed by atoms with Crippen molar-refractivity contribution < 1.29 is 0 Å². The molecule has 0 bridgehead atoms. The molecule has 0 fully saturated rings. The van der Waals surface area contributed by atoms with Crippen molar-refractivity contribution in [2.24, 2.45) is 0 Å². The Labute approximate surface area is 93.4 Å². The van der Waals surface area contributed by atoms with Gasteiger partial charge in [0.2, 0.25) is 0 Å². The van der Waals surface area contributed by atoms with Gasteiger partial charge in [0.15, 0.2) is 0 Å². The SMILES string of the molecule is CC(CC#N)Nc1c(Cl)cccc1Cl. The second kappa shape index (κ2) is 5.09. The Bertz CT molecular complexity index is 337. The smallest absolute Gasteiger partial charge is 0.0721 e. The predicted octanol–water partition coefficient (Wildman–Crippen LogP) is 3.71. The standard InChI is InChI=1S/C10H10Cl2N2/c1-7(5-6-13)14-10-8(11)3-2-4-9(10)12/h2-4,7,14H,5H2,1H3. The third-order valence-electron chi connectivity index (χ3n) is 1.75. The molecular weight excluding hydrogens is 219 g/mol. The summed E-state index contributed by atoms with van der Waals surface area (Å²) in [6, 6.07) is 7.42. The highest BCUT2D eigenvalue weighted by atomic mass is 35.5. The molecule has 1 aromatic carbocycles. The molecule has 1 unspecified atom stereocenters. The largest absolute Gasteiger partial charge is 0.379 e. The van der Waals surface area contributed by atoms with Gasteiger partial charge in [-0.1, -0.05) is 29.3 Å². The summed E-state index contributed by atoms with van der Waals surface area (Å²) in [6.45, 7) is 1.91. The van der Waals surface area contributed by atoms with E-state index in [4.69, 9.17) is 28.5 Å². The minimum absolute atomic E-state index is 0.0393. The quantitative estimate of drug-likeness (QED) is 0.857. The molecule has 1 aromatic rings. The molecule has 4 heteroatoms. The topological polar surface area (TPSA) is 35.8 Å². The van der Waals surface area contributed by atoms with Gasteiger partial charge in [-0.3, -0.25) is 0 Å². The molecule has 14 heavy (non-hydrogen) atoms. The summed E-state index contributed by atoms with van der Waals surface area (Å²) in [5, 5.41) is 12.7. The van der Waals surface area contributed by atoms with Crippen LogP contribution in [0.1, 0.15) is 13.3 Å². The molecule has 0 amide bonds. The Balaban J connectivity index is 2.81. The lowest BCUT2D eigenvalue weighted by Gasteiger charge is -2.14. The molecule has 0 spiro atoms. The minimum Gasteiger partial charge on any atom is -0.379 e. The number of nitrogens with zero attached hydrogens (tertiary/aromatic N) is 1. The number of nitriles is 1. The van der Waals surface area contributed by atoms with Crippen LogP contribution >= 0.6 is 23.2 Å². The first kappa shape index (κ1) is 11.2. The van der Waals surface area contributed by atoms with E-state index in [2.05, 4.69) is 11.4 Å². The molecule has 0 aliphatic heterocycles. The summed E-state index contributed by atoms with van der Waals surface area (Å²) in [6.07, 6.45) is 0.418. The molecule has 0 saturated heterocycles. The Hall–Kier alpha value is -0.910. The van der Waals surface area contributed by atoms with Crippen LogP contribution in [0.25, 0.3) is 0 Å². The van der Waals surface area contributed by atoms with Gasteiger partial charge in [-0.05, 0) is 19.1 Å². The molecular formula is C10H10Cl2N2. The van der Waals surface area contributed by atoms with E-state index in [0.29, 0.717) is 22.2 Å². The lowest BCUT2D eigenvalue weighted by atomic mass is 10.2. The number of hydrogen-bond donors (Lipinski definition) is 1. The maximum absolute atomic E-state index is 8.50. The Morgan fingerprint density at radius 1 is 1.43 bits per heavy atom. The molecule has 0 aliphatic carbocycles. The number of nitrogens with one attached hydrogen (secondary N) is 1. The summed E-state index contributed by atoms with van der Waals surface area (Å²) in [5.41, 5.74) is 0.693. The molecule has 0 heterocycles. The van der Waals surface area contributed by atoms with Crippen molar-refractivity contribution in [1.82, 2.24) is 0 Å². The number of para-hydroxylation sites is 1. The number of halogens is 2. The lowest BCUT2D eigenvalue weighted by Crippen LogP contribution is -2.14. The normalized spacial score (nSPS) is 11.9. The molecule has 1 rings (SSSR count). The van der Waals surface area contributed by atoms with Crippen molar-refractivity contribution in [2.45, 2.75) is 19.4 Å². The van der Waals surface area contributed by atoms with Crippen LogP contribution in [0, 0.1) is 11.3 Å². The van der Waals surface area contributed by atoms with Crippen molar-refractivity contribution in [3.05, 3.63) is 28.2 Å². The minimum atomic E-state index is 0.0393. The first-order chi connectivity index (χ1) is 6.65. The van der Waals surface area contributed by atoms with E-state index in [1.807, 2.05) is 6.92 Å². The molecule has 1 atom stereocenters. The fourth-order valence-corrected chi connectivity index (χ4v) is 1.58. The zero-order chi connectivity index (χ0) is 10.6. The lowest BCUT2D eigenvalue weighted by molar-refractivity contribution is 0.821. The third kappa shape index (κ3) is 2.80. The maximum atomic E-state index is 8.50. The van der Waals surface area contributed by atoms with Gasteiger partial charge in [0, 0.05) is 6.04 Å². The van der Waals surface area contributed by atoms with Gasteiger partial charge < -0.3 is 5.32 Å². The van der Waals surface area contributed by atoms with Gasteiger partial charge in [-0.15, -0.1) is 0 Å². The van der Waals surface area contributed by atoms with E-state index in [1.165, 1.54) is 0 Å². The fourth-order valence-electron chi connectivity index (χ4n) is 1.07. The molecule has 0 radical (unpaired) electrons. The van der Waals surface area contributed by atoms with Gasteiger partial charge in [0.25, 0.3) is 0 Å². The molecule has 0 saturated carbocycles. The van der Waals surface area contributed by atoms with Crippen LogP contribution in [0.3, 0.4) is 0 Å². The highest BCUT2D eigenvalue weighted by Gasteiger charge is 2.07. The van der Waals surface area contributed by atoms with E-state index < -0.39 is 0 Å². The van der Waals surface area contributed by atoms with Crippen LogP contribution in [0.2, 0.25) is 10.0 Å². The average molecular weight is 229 g/mol. The monoisotopic (exact) mass is 228 g/mol. The molecule has 0 aromatic heterocycles. The van der Waals surface area contributed by atoms with E-state index in [1.54, 1.807) is 18.2 Å². The Morgan fingerprint density at radius 2 is 2.00 bits per heavy atom. The van der Waals surface area contributed by atoms with Crippen LogP contribution < -0.4 is 5.32 Å². The highest BCUT2D eigenvalue weighted by molar-refractivity contribution is 6.39. The molecule has 2 nitrogen and oxygen atoms in total. The summed E-state index contributed by atoms with van der Waals surface area (Å²) in [7, 11) is 0. The van der Waals surface area contributed by atoms with Crippen molar-refractivity contribution in [3.8, 4) is 6.07 Å². The van der Waals surface area contributed by atoms with E-state index in [0.717, 1.165) is 0 Å². The molecule has 1 N–H and O–H groups in total. The number of benzene rings is 1. The van der Waals surface area contributed by atoms with Gasteiger partial charge in [-0.2, -0.15) is 5.26 Å². The fraction of sp³-hybridized carbons (Fsp3) is 0.300. The van der Waals surface area contributed by atoms with Crippen LogP contribution in [-0.2, 0) is 0 Å². The summed E-state index contributed by atoms with van der Waals surface area (Å²) in [5.74, 6) is 0. The second-order valence-electron chi connectivity index (χ2n) is 3.00. The third-order valence-corrected chi connectivity index (χ3v) is 2.38. The predicted molar refractivity (Wildman–Crippen MR) is 59.8 cm³/mol. The first-order valence-electron chi connectivity index (χ1n) is 4.22. The Kier molecular flexibility index (Phi) is 4.06. The van der Waals surface area contributed by atoms with Crippen LogP contribution in [-0.4, -0.2) is 6.04 Å². The Morgan fingerprint density at radius 3 is 2.50 bits per heavy atom. The van der Waals surface area contributed by atoms with Crippen LogP contribution in [0.15, 0.2) is 18.2 Å². The van der Waals surface area contributed by atoms with Gasteiger partial charge >= 0.3 is 0 Å². The number of rotatable bonds is 3. The van der Waals surface area contributed by atoms with Crippen molar-refractivity contribution >= 4 is 28.9 Å². The number of hydrogen-bond acceptors (Lipinski definition) is 2. The van der Waals surface area contributed by atoms with E-state index in [-0.39, 0.29) is 6.04 Å². The van der Waals surface area contributed by atoms with Crippen molar-refractivity contribution in [3.63, 3.8) is 0 Å². The maximum Gasteiger partial charge on any atom is 0.0721 e. The number of anilines is 1. The van der Waals surface area contributed by atoms with Crippen LogP contribution in [0.4, 0.5) is 5.69 Å². The summed E-state index contributed by atoms with van der Waals surface area (Å²) < 4.78 is 0. The zero-order valence-corrected chi connectivity index (χ0v) is 9.23. The summed E-state index contributed by atoms with van der Waals surface area (Å²) in [4.78, 5) is 0. The highest BCUT2D eigenvalue weighted by Crippen LogP contribution is 2.30. The average Bonchev–Trinajstić information content (AvgIpc) is 2.12. The van der Waals surface area contributed by atoms with Gasteiger partial charge in [0.05, 0.1) is 28.2 Å². The van der Waals surface area contributed by atoms with Crippen LogP contribution in [0.5, 0.6) is 0 Å². The van der Waals surface area contributed by atoms with Gasteiger partial charge in [0.1, 0.15) is 0 Å². The van der Waals surface area contributed by atoms with Gasteiger partial charge in [-0.25, -0.2) is 0 Å². The first-order valence-corrected chi connectivity index (χ1v) is 4.98. The second-order valence-corrected chi connectivity index (χ2v) is 3.82. The molecule has 0 aliphatic rings. The summed E-state index contributed by atoms with van der Waals surface area (Å²) >= 11 is 11.9. The molecule has 74 valence electrons.